The smallest absolute Gasteiger partial charge is 0.115 e. The minimum absolute atomic E-state index is 0.194. The normalized spacial score (nSPS) is 27.3. The zero-order valence-corrected chi connectivity index (χ0v) is 18.2. The van der Waals surface area contributed by atoms with E-state index in [1.54, 1.807) is 5.57 Å². The molecule has 27 heavy (non-hydrogen) atoms. The van der Waals surface area contributed by atoms with Gasteiger partial charge in [0.05, 0.1) is 0 Å². The topological polar surface area (TPSA) is 20.2 Å². The zero-order valence-electron chi connectivity index (χ0n) is 18.2. The molecule has 0 heterocycles. The Hall–Kier alpha value is -1.24. The third kappa shape index (κ3) is 4.79. The Labute approximate surface area is 167 Å². The van der Waals surface area contributed by atoms with Crippen molar-refractivity contribution in [2.45, 2.75) is 91.4 Å². The second-order valence-corrected chi connectivity index (χ2v) is 10.7. The molecule has 0 saturated heterocycles. The standard InChI is InChI=1S/C26H40O/c1-19-6-10-21(11-7-19)25(2,3)18-20-8-12-22(13-9-20)26(4,5)23-14-16-24(27)17-15-23/h6,14-17,20-22,27H,7-13,18H2,1-5H3. The third-order valence-corrected chi connectivity index (χ3v) is 8.04. The van der Waals surface area contributed by atoms with Gasteiger partial charge in [0.25, 0.3) is 0 Å². The molecule has 0 bridgehead atoms. The molecule has 0 spiro atoms. The number of rotatable bonds is 5. The highest BCUT2D eigenvalue weighted by Crippen LogP contribution is 2.48. The molecule has 1 atom stereocenters. The Morgan fingerprint density at radius 2 is 1.52 bits per heavy atom. The van der Waals surface area contributed by atoms with E-state index in [0.717, 1.165) is 17.8 Å². The van der Waals surface area contributed by atoms with Gasteiger partial charge >= 0.3 is 0 Å². The van der Waals surface area contributed by atoms with Crippen molar-refractivity contribution in [2.75, 3.05) is 0 Å². The SMILES string of the molecule is CC1=CCC(C(C)(C)CC2CCC(C(C)(C)c3ccc(O)cc3)CC2)CC1. The maximum absolute atomic E-state index is 9.59. The average Bonchev–Trinajstić information content (AvgIpc) is 2.62. The van der Waals surface area contributed by atoms with Gasteiger partial charge in [-0.05, 0) is 91.7 Å². The minimum atomic E-state index is 0.194. The molecule has 1 N–H and O–H groups in total. The van der Waals surface area contributed by atoms with Gasteiger partial charge in [0, 0.05) is 0 Å². The van der Waals surface area contributed by atoms with Crippen LogP contribution in [0.15, 0.2) is 35.9 Å². The molecule has 1 fully saturated rings. The lowest BCUT2D eigenvalue weighted by atomic mass is 9.62. The lowest BCUT2D eigenvalue weighted by Crippen LogP contribution is -2.34. The van der Waals surface area contributed by atoms with E-state index in [-0.39, 0.29) is 5.41 Å². The van der Waals surface area contributed by atoms with Gasteiger partial charge in [-0.15, -0.1) is 0 Å². The maximum atomic E-state index is 9.59. The van der Waals surface area contributed by atoms with Crippen LogP contribution < -0.4 is 0 Å². The van der Waals surface area contributed by atoms with Crippen LogP contribution in [0.4, 0.5) is 0 Å². The van der Waals surface area contributed by atoms with Crippen molar-refractivity contribution in [3.05, 3.63) is 41.5 Å². The van der Waals surface area contributed by atoms with Crippen molar-refractivity contribution < 1.29 is 5.11 Å². The summed E-state index contributed by atoms with van der Waals surface area (Å²) in [7, 11) is 0. The van der Waals surface area contributed by atoms with Crippen molar-refractivity contribution in [3.63, 3.8) is 0 Å². The van der Waals surface area contributed by atoms with E-state index < -0.39 is 0 Å². The summed E-state index contributed by atoms with van der Waals surface area (Å²) in [6, 6.07) is 7.91. The largest absolute Gasteiger partial charge is 0.508 e. The molecule has 2 aliphatic carbocycles. The summed E-state index contributed by atoms with van der Waals surface area (Å²) in [4.78, 5) is 0. The second-order valence-electron chi connectivity index (χ2n) is 10.7. The summed E-state index contributed by atoms with van der Waals surface area (Å²) in [5, 5.41) is 9.59. The first-order chi connectivity index (χ1) is 12.7. The molecule has 150 valence electrons. The fourth-order valence-corrected chi connectivity index (χ4v) is 5.80. The van der Waals surface area contributed by atoms with Crippen molar-refractivity contribution >= 4 is 0 Å². The summed E-state index contributed by atoms with van der Waals surface area (Å²) in [5.74, 6) is 2.89. The van der Waals surface area contributed by atoms with Crippen LogP contribution >= 0.6 is 0 Å². The number of benzene rings is 1. The summed E-state index contributed by atoms with van der Waals surface area (Å²) >= 11 is 0. The molecular weight excluding hydrogens is 328 g/mol. The maximum Gasteiger partial charge on any atom is 0.115 e. The van der Waals surface area contributed by atoms with Gasteiger partial charge in [-0.1, -0.05) is 64.3 Å². The number of hydrogen-bond donors (Lipinski definition) is 1. The first-order valence-corrected chi connectivity index (χ1v) is 11.1. The van der Waals surface area contributed by atoms with Crippen LogP contribution in [-0.4, -0.2) is 5.11 Å². The first kappa shape index (κ1) is 20.5. The highest BCUT2D eigenvalue weighted by atomic mass is 16.3. The van der Waals surface area contributed by atoms with E-state index in [0.29, 0.717) is 11.2 Å². The molecule has 2 aliphatic rings. The molecule has 0 aromatic heterocycles. The molecule has 0 radical (unpaired) electrons. The van der Waals surface area contributed by atoms with Crippen molar-refractivity contribution in [3.8, 4) is 5.75 Å². The number of phenols is 1. The van der Waals surface area contributed by atoms with Gasteiger partial charge in [-0.25, -0.2) is 0 Å². The van der Waals surface area contributed by atoms with Gasteiger partial charge in [0.15, 0.2) is 0 Å². The minimum Gasteiger partial charge on any atom is -0.508 e. The summed E-state index contributed by atoms with van der Waals surface area (Å²) in [6.07, 6.45) is 13.3. The molecular formula is C26H40O. The highest BCUT2D eigenvalue weighted by Gasteiger charge is 2.37. The van der Waals surface area contributed by atoms with Crippen molar-refractivity contribution in [1.82, 2.24) is 0 Å². The van der Waals surface area contributed by atoms with Gasteiger partial charge in [0.2, 0.25) is 0 Å². The van der Waals surface area contributed by atoms with Gasteiger partial charge in [0.1, 0.15) is 5.75 Å². The van der Waals surface area contributed by atoms with Crippen LogP contribution in [0.25, 0.3) is 0 Å². The molecule has 0 aliphatic heterocycles. The lowest BCUT2D eigenvalue weighted by Gasteiger charge is -2.43. The van der Waals surface area contributed by atoms with Crippen LogP contribution in [0.5, 0.6) is 5.75 Å². The van der Waals surface area contributed by atoms with Gasteiger partial charge in [-0.3, -0.25) is 0 Å². The highest BCUT2D eigenvalue weighted by molar-refractivity contribution is 5.31. The van der Waals surface area contributed by atoms with Crippen LogP contribution in [0.3, 0.4) is 0 Å². The van der Waals surface area contributed by atoms with Gasteiger partial charge in [-0.2, -0.15) is 0 Å². The molecule has 1 saturated carbocycles. The van der Waals surface area contributed by atoms with E-state index in [1.165, 1.54) is 56.9 Å². The predicted octanol–water partition coefficient (Wildman–Crippen LogP) is 7.64. The van der Waals surface area contributed by atoms with E-state index in [9.17, 15) is 5.11 Å². The number of hydrogen-bond acceptors (Lipinski definition) is 1. The quantitative estimate of drug-likeness (QED) is 0.529. The molecule has 1 heteroatoms. The molecule has 3 rings (SSSR count). The fourth-order valence-electron chi connectivity index (χ4n) is 5.80. The Morgan fingerprint density at radius 1 is 0.889 bits per heavy atom. The van der Waals surface area contributed by atoms with Crippen LogP contribution in [0, 0.1) is 23.2 Å². The fraction of sp³-hybridized carbons (Fsp3) is 0.692. The van der Waals surface area contributed by atoms with Crippen LogP contribution in [-0.2, 0) is 5.41 Å². The van der Waals surface area contributed by atoms with E-state index >= 15 is 0 Å². The lowest BCUT2D eigenvalue weighted by molar-refractivity contribution is 0.109. The van der Waals surface area contributed by atoms with E-state index in [4.69, 9.17) is 0 Å². The second kappa shape index (κ2) is 8.02. The zero-order chi connectivity index (χ0) is 19.7. The number of aromatic hydroxyl groups is 1. The predicted molar refractivity (Wildman–Crippen MR) is 116 cm³/mol. The van der Waals surface area contributed by atoms with Gasteiger partial charge < -0.3 is 5.11 Å². The Balaban J connectivity index is 1.56. The summed E-state index contributed by atoms with van der Waals surface area (Å²) in [6.45, 7) is 12.1. The number of allylic oxidation sites excluding steroid dienone is 2. The molecule has 1 nitrogen and oxygen atoms in total. The molecule has 1 unspecified atom stereocenters. The summed E-state index contributed by atoms with van der Waals surface area (Å²) < 4.78 is 0. The number of phenolic OH excluding ortho intramolecular Hbond substituents is 1. The Morgan fingerprint density at radius 3 is 2.07 bits per heavy atom. The first-order valence-electron chi connectivity index (χ1n) is 11.1. The monoisotopic (exact) mass is 368 g/mol. The van der Waals surface area contributed by atoms with E-state index in [2.05, 4.69) is 52.8 Å². The molecule has 0 amide bonds. The van der Waals surface area contributed by atoms with Crippen LogP contribution in [0.2, 0.25) is 0 Å². The average molecular weight is 369 g/mol. The third-order valence-electron chi connectivity index (χ3n) is 8.04. The van der Waals surface area contributed by atoms with E-state index in [1.807, 2.05) is 12.1 Å². The van der Waals surface area contributed by atoms with Crippen molar-refractivity contribution in [2.24, 2.45) is 23.2 Å². The molecule has 1 aromatic rings. The van der Waals surface area contributed by atoms with Crippen molar-refractivity contribution in [1.29, 1.82) is 0 Å². The Bertz CT molecular complexity index is 641. The summed E-state index contributed by atoms with van der Waals surface area (Å²) in [5.41, 5.74) is 3.63. The Kier molecular flexibility index (Phi) is 6.08. The molecule has 1 aromatic carbocycles. The van der Waals surface area contributed by atoms with Crippen LogP contribution in [0.1, 0.15) is 91.5 Å².